The monoisotopic (exact) mass is 183 g/mol. The fourth-order valence-corrected chi connectivity index (χ4v) is 2.50. The predicted octanol–water partition coefficient (Wildman–Crippen LogP) is -0.0158. The van der Waals surface area contributed by atoms with E-state index in [9.17, 15) is 0 Å². The zero-order chi connectivity index (χ0) is 9.26. The van der Waals surface area contributed by atoms with Crippen LogP contribution in [-0.2, 0) is 0 Å². The Bertz CT molecular complexity index is 156. The van der Waals surface area contributed by atoms with Crippen molar-refractivity contribution in [3.8, 4) is 0 Å². The van der Waals surface area contributed by atoms with E-state index in [4.69, 9.17) is 0 Å². The Labute approximate surface area is 81.1 Å². The second kappa shape index (κ2) is 3.95. The molecule has 0 aliphatic carbocycles. The van der Waals surface area contributed by atoms with Crippen LogP contribution < -0.4 is 5.32 Å². The van der Waals surface area contributed by atoms with Gasteiger partial charge in [0.2, 0.25) is 0 Å². The van der Waals surface area contributed by atoms with Crippen molar-refractivity contribution in [1.29, 1.82) is 0 Å². The highest BCUT2D eigenvalue weighted by atomic mass is 15.3. The zero-order valence-corrected chi connectivity index (χ0v) is 8.79. The lowest BCUT2D eigenvalue weighted by Gasteiger charge is -2.53. The van der Waals surface area contributed by atoms with Crippen LogP contribution in [0.1, 0.15) is 12.8 Å². The Balaban J connectivity index is 1.65. The van der Waals surface area contributed by atoms with Crippen LogP contribution in [0.4, 0.5) is 0 Å². The molecule has 0 aromatic heterocycles. The van der Waals surface area contributed by atoms with E-state index >= 15 is 0 Å². The van der Waals surface area contributed by atoms with Crippen molar-refractivity contribution in [2.24, 2.45) is 0 Å². The highest BCUT2D eigenvalue weighted by Gasteiger charge is 2.40. The Kier molecular flexibility index (Phi) is 2.86. The van der Waals surface area contributed by atoms with Crippen molar-refractivity contribution in [2.75, 3.05) is 40.3 Å². The normalized spacial score (nSPS) is 33.5. The SMILES string of the molecule is CN(C)CCCN1C2CNCC1C2. The van der Waals surface area contributed by atoms with Crippen LogP contribution in [0.2, 0.25) is 0 Å². The molecular formula is C10H21N3. The van der Waals surface area contributed by atoms with Crippen LogP contribution in [-0.4, -0.2) is 62.2 Å². The van der Waals surface area contributed by atoms with E-state index in [1.54, 1.807) is 0 Å². The van der Waals surface area contributed by atoms with Crippen LogP contribution in [0.3, 0.4) is 0 Å². The summed E-state index contributed by atoms with van der Waals surface area (Å²) < 4.78 is 0. The molecule has 0 radical (unpaired) electrons. The summed E-state index contributed by atoms with van der Waals surface area (Å²) >= 11 is 0. The minimum atomic E-state index is 0.862. The summed E-state index contributed by atoms with van der Waals surface area (Å²) in [5.74, 6) is 0. The quantitative estimate of drug-likeness (QED) is 0.661. The van der Waals surface area contributed by atoms with Crippen LogP contribution in [0, 0.1) is 0 Å². The maximum Gasteiger partial charge on any atom is 0.0239 e. The predicted molar refractivity (Wildman–Crippen MR) is 54.9 cm³/mol. The molecule has 3 aliphatic heterocycles. The van der Waals surface area contributed by atoms with Crippen LogP contribution >= 0.6 is 0 Å². The molecule has 3 heteroatoms. The van der Waals surface area contributed by atoms with E-state index < -0.39 is 0 Å². The molecule has 3 aliphatic rings. The van der Waals surface area contributed by atoms with Crippen LogP contribution in [0.5, 0.6) is 0 Å². The van der Waals surface area contributed by atoms with Gasteiger partial charge in [0.15, 0.2) is 0 Å². The number of nitrogens with one attached hydrogen (secondary N) is 1. The van der Waals surface area contributed by atoms with E-state index in [-0.39, 0.29) is 0 Å². The number of hydrogen-bond donors (Lipinski definition) is 1. The van der Waals surface area contributed by atoms with Gasteiger partial charge in [-0.25, -0.2) is 0 Å². The van der Waals surface area contributed by atoms with Gasteiger partial charge < -0.3 is 10.2 Å². The highest BCUT2D eigenvalue weighted by molar-refractivity contribution is 4.99. The Morgan fingerprint density at radius 1 is 1.31 bits per heavy atom. The Morgan fingerprint density at radius 2 is 2.00 bits per heavy atom. The van der Waals surface area contributed by atoms with E-state index in [1.165, 1.54) is 39.0 Å². The summed E-state index contributed by atoms with van der Waals surface area (Å²) in [6.45, 7) is 4.97. The van der Waals surface area contributed by atoms with Gasteiger partial charge >= 0.3 is 0 Å². The Morgan fingerprint density at radius 3 is 2.54 bits per heavy atom. The number of fused-ring (bicyclic) bond motifs is 2. The van der Waals surface area contributed by atoms with Crippen molar-refractivity contribution in [3.05, 3.63) is 0 Å². The molecule has 1 N–H and O–H groups in total. The van der Waals surface area contributed by atoms with E-state index in [0.29, 0.717) is 0 Å². The molecule has 76 valence electrons. The van der Waals surface area contributed by atoms with Crippen molar-refractivity contribution in [3.63, 3.8) is 0 Å². The van der Waals surface area contributed by atoms with Gasteiger partial charge in [0.1, 0.15) is 0 Å². The molecule has 3 saturated heterocycles. The molecule has 3 nitrogen and oxygen atoms in total. The molecule has 0 aromatic carbocycles. The first-order valence-electron chi connectivity index (χ1n) is 5.38. The summed E-state index contributed by atoms with van der Waals surface area (Å²) in [4.78, 5) is 4.95. The second-order valence-electron chi connectivity index (χ2n) is 4.60. The van der Waals surface area contributed by atoms with Crippen LogP contribution in [0.15, 0.2) is 0 Å². The molecule has 0 spiro atoms. The minimum Gasteiger partial charge on any atom is -0.314 e. The minimum absolute atomic E-state index is 0.862. The van der Waals surface area contributed by atoms with Crippen LogP contribution in [0.25, 0.3) is 0 Å². The molecule has 0 amide bonds. The molecule has 2 unspecified atom stereocenters. The third kappa shape index (κ3) is 2.03. The summed E-state index contributed by atoms with van der Waals surface area (Å²) in [7, 11) is 4.30. The summed E-state index contributed by atoms with van der Waals surface area (Å²) in [6, 6.07) is 1.72. The fraction of sp³-hybridized carbons (Fsp3) is 1.00. The standard InChI is InChI=1S/C10H21N3/c1-12(2)4-3-5-13-9-6-10(13)8-11-7-9/h9-11H,3-8H2,1-2H3. The maximum atomic E-state index is 3.46. The first-order valence-corrected chi connectivity index (χ1v) is 5.38. The highest BCUT2D eigenvalue weighted by Crippen LogP contribution is 2.27. The number of nitrogens with zero attached hydrogens (tertiary/aromatic N) is 2. The fourth-order valence-electron chi connectivity index (χ4n) is 2.50. The number of rotatable bonds is 4. The number of piperazine rings is 1. The summed E-state index contributed by atoms with van der Waals surface area (Å²) in [5, 5.41) is 3.46. The van der Waals surface area contributed by atoms with Crippen molar-refractivity contribution in [1.82, 2.24) is 15.1 Å². The molecule has 3 fully saturated rings. The molecule has 0 aromatic rings. The smallest absolute Gasteiger partial charge is 0.0239 e. The molecular weight excluding hydrogens is 162 g/mol. The number of hydrogen-bond acceptors (Lipinski definition) is 3. The first kappa shape index (κ1) is 9.44. The average molecular weight is 183 g/mol. The molecule has 3 rings (SSSR count). The second-order valence-corrected chi connectivity index (χ2v) is 4.60. The van der Waals surface area contributed by atoms with Gasteiger partial charge in [0, 0.05) is 31.7 Å². The van der Waals surface area contributed by atoms with Gasteiger partial charge in [-0.3, -0.25) is 4.90 Å². The van der Waals surface area contributed by atoms with Gasteiger partial charge in [-0.15, -0.1) is 0 Å². The lowest BCUT2D eigenvalue weighted by molar-refractivity contribution is -0.0148. The third-order valence-electron chi connectivity index (χ3n) is 3.26. The lowest BCUT2D eigenvalue weighted by atomic mass is 9.88. The molecule has 3 heterocycles. The molecule has 2 bridgehead atoms. The van der Waals surface area contributed by atoms with Crippen molar-refractivity contribution >= 4 is 0 Å². The summed E-state index contributed by atoms with van der Waals surface area (Å²) in [6.07, 6.45) is 2.76. The van der Waals surface area contributed by atoms with E-state index in [2.05, 4.69) is 29.2 Å². The molecule has 2 atom stereocenters. The maximum absolute atomic E-state index is 3.46. The van der Waals surface area contributed by atoms with E-state index in [1.807, 2.05) is 0 Å². The first-order chi connectivity index (χ1) is 6.27. The van der Waals surface area contributed by atoms with Crippen molar-refractivity contribution < 1.29 is 0 Å². The van der Waals surface area contributed by atoms with Crippen molar-refractivity contribution in [2.45, 2.75) is 24.9 Å². The summed E-state index contributed by atoms with van der Waals surface area (Å²) in [5.41, 5.74) is 0. The number of piperidine rings is 1. The van der Waals surface area contributed by atoms with Gasteiger partial charge in [0.25, 0.3) is 0 Å². The van der Waals surface area contributed by atoms with Gasteiger partial charge in [0.05, 0.1) is 0 Å². The van der Waals surface area contributed by atoms with Gasteiger partial charge in [-0.1, -0.05) is 0 Å². The zero-order valence-electron chi connectivity index (χ0n) is 8.79. The molecule has 13 heavy (non-hydrogen) atoms. The lowest BCUT2D eigenvalue weighted by Crippen LogP contribution is -2.67. The molecule has 0 saturated carbocycles. The Hall–Kier alpha value is -0.120. The largest absolute Gasteiger partial charge is 0.314 e. The third-order valence-corrected chi connectivity index (χ3v) is 3.26. The van der Waals surface area contributed by atoms with Gasteiger partial charge in [-0.05, 0) is 33.5 Å². The average Bonchev–Trinajstić information content (AvgIpc) is 2.13. The topological polar surface area (TPSA) is 18.5 Å². The van der Waals surface area contributed by atoms with Gasteiger partial charge in [-0.2, -0.15) is 0 Å². The van der Waals surface area contributed by atoms with E-state index in [0.717, 1.165) is 12.1 Å².